The molecule has 0 aliphatic rings. The normalized spacial score (nSPS) is 13.4. The molecule has 0 fully saturated rings. The van der Waals surface area contributed by atoms with E-state index >= 15 is 0 Å². The van der Waals surface area contributed by atoms with Crippen molar-refractivity contribution in [2.75, 3.05) is 0 Å². The van der Waals surface area contributed by atoms with Gasteiger partial charge in [-0.3, -0.25) is 0 Å². The molecule has 0 amide bonds. The van der Waals surface area contributed by atoms with E-state index in [-0.39, 0.29) is 12.1 Å². The Kier molecular flexibility index (Phi) is 3.85. The third kappa shape index (κ3) is 2.94. The maximum atomic E-state index is 13.1. The van der Waals surface area contributed by atoms with Crippen LogP contribution in [0.4, 0.5) is 13.2 Å². The number of para-hydroxylation sites is 2. The highest BCUT2D eigenvalue weighted by molar-refractivity contribution is 5.75. The standard InChI is InChI=1S/C17H15F3N2O/c1-11-21-14-8-4-5-9-15(14)22(11)10-16(23)12-6-2-3-7-13(12)17(18,19)20/h2-9,16,23H,10H2,1H3/t16-/m0/s1. The molecule has 1 heterocycles. The predicted octanol–water partition coefficient (Wildman–Crippen LogP) is 4.10. The minimum Gasteiger partial charge on any atom is -0.387 e. The highest BCUT2D eigenvalue weighted by atomic mass is 19.4. The van der Waals surface area contributed by atoms with Crippen LogP contribution in [0.25, 0.3) is 11.0 Å². The predicted molar refractivity (Wildman–Crippen MR) is 80.9 cm³/mol. The summed E-state index contributed by atoms with van der Waals surface area (Å²) in [5.74, 6) is 0.648. The molecule has 2 aromatic carbocycles. The molecule has 0 spiro atoms. The van der Waals surface area contributed by atoms with Gasteiger partial charge in [-0.1, -0.05) is 30.3 Å². The second-order valence-corrected chi connectivity index (χ2v) is 5.36. The van der Waals surface area contributed by atoms with Gasteiger partial charge in [-0.25, -0.2) is 4.98 Å². The monoisotopic (exact) mass is 320 g/mol. The fourth-order valence-corrected chi connectivity index (χ4v) is 2.74. The van der Waals surface area contributed by atoms with Gasteiger partial charge in [0.15, 0.2) is 0 Å². The van der Waals surface area contributed by atoms with Gasteiger partial charge in [0.2, 0.25) is 0 Å². The highest BCUT2D eigenvalue weighted by Crippen LogP contribution is 2.35. The van der Waals surface area contributed by atoms with Gasteiger partial charge in [-0.2, -0.15) is 13.2 Å². The summed E-state index contributed by atoms with van der Waals surface area (Å²) in [6, 6.07) is 12.4. The molecule has 1 N–H and O–H groups in total. The van der Waals surface area contributed by atoms with Crippen LogP contribution in [0.1, 0.15) is 23.1 Å². The molecule has 1 aromatic heterocycles. The first-order valence-corrected chi connectivity index (χ1v) is 7.14. The maximum Gasteiger partial charge on any atom is 0.416 e. The van der Waals surface area contributed by atoms with Crippen molar-refractivity contribution in [2.45, 2.75) is 25.7 Å². The Morgan fingerprint density at radius 1 is 1.09 bits per heavy atom. The number of benzene rings is 2. The number of nitrogens with zero attached hydrogens (tertiary/aromatic N) is 2. The van der Waals surface area contributed by atoms with Crippen molar-refractivity contribution in [3.8, 4) is 0 Å². The zero-order valence-corrected chi connectivity index (χ0v) is 12.4. The van der Waals surface area contributed by atoms with Crippen molar-refractivity contribution in [3.05, 3.63) is 65.5 Å². The molecule has 0 unspecified atom stereocenters. The molecular formula is C17H15F3N2O. The summed E-state index contributed by atoms with van der Waals surface area (Å²) in [5, 5.41) is 10.4. The summed E-state index contributed by atoms with van der Waals surface area (Å²) < 4.78 is 41.0. The fraction of sp³-hybridized carbons (Fsp3) is 0.235. The first kappa shape index (κ1) is 15.6. The van der Waals surface area contributed by atoms with Crippen molar-refractivity contribution in [2.24, 2.45) is 0 Å². The Morgan fingerprint density at radius 3 is 2.48 bits per heavy atom. The number of aromatic nitrogens is 2. The van der Waals surface area contributed by atoms with E-state index in [0.29, 0.717) is 5.82 Å². The Hall–Kier alpha value is -2.34. The average molecular weight is 320 g/mol. The van der Waals surface area contributed by atoms with E-state index in [2.05, 4.69) is 4.98 Å². The lowest BCUT2D eigenvalue weighted by Crippen LogP contribution is -2.16. The van der Waals surface area contributed by atoms with E-state index in [9.17, 15) is 18.3 Å². The Bertz CT molecular complexity index is 839. The summed E-state index contributed by atoms with van der Waals surface area (Å²) in [4.78, 5) is 4.36. The molecule has 120 valence electrons. The van der Waals surface area contributed by atoms with Crippen molar-refractivity contribution in [3.63, 3.8) is 0 Å². The minimum atomic E-state index is -4.50. The highest BCUT2D eigenvalue weighted by Gasteiger charge is 2.34. The Balaban J connectivity index is 1.99. The van der Waals surface area contributed by atoms with Gasteiger partial charge in [0.1, 0.15) is 5.82 Å². The number of hydrogen-bond acceptors (Lipinski definition) is 2. The number of aliphatic hydroxyl groups excluding tert-OH is 1. The number of fused-ring (bicyclic) bond motifs is 1. The zero-order chi connectivity index (χ0) is 16.6. The molecule has 3 aromatic rings. The summed E-state index contributed by atoms with van der Waals surface area (Å²) in [6.07, 6.45) is -5.77. The second-order valence-electron chi connectivity index (χ2n) is 5.36. The number of halogens is 3. The largest absolute Gasteiger partial charge is 0.416 e. The first-order valence-electron chi connectivity index (χ1n) is 7.14. The molecule has 23 heavy (non-hydrogen) atoms. The van der Waals surface area contributed by atoms with Crippen LogP contribution in [0.5, 0.6) is 0 Å². The molecule has 0 radical (unpaired) electrons. The van der Waals surface area contributed by atoms with E-state index in [1.54, 1.807) is 11.5 Å². The summed E-state index contributed by atoms with van der Waals surface area (Å²) in [6.45, 7) is 1.78. The summed E-state index contributed by atoms with van der Waals surface area (Å²) >= 11 is 0. The molecule has 0 aliphatic carbocycles. The molecular weight excluding hydrogens is 305 g/mol. The van der Waals surface area contributed by atoms with Crippen LogP contribution in [0.3, 0.4) is 0 Å². The second kappa shape index (κ2) is 5.70. The number of hydrogen-bond donors (Lipinski definition) is 1. The van der Waals surface area contributed by atoms with E-state index in [4.69, 9.17) is 0 Å². The number of alkyl halides is 3. The SMILES string of the molecule is Cc1nc2ccccc2n1C[C@H](O)c1ccccc1C(F)(F)F. The topological polar surface area (TPSA) is 38.0 Å². The molecule has 3 nitrogen and oxygen atoms in total. The van der Waals surface area contributed by atoms with Crippen LogP contribution in [-0.2, 0) is 12.7 Å². The van der Waals surface area contributed by atoms with E-state index in [0.717, 1.165) is 17.1 Å². The van der Waals surface area contributed by atoms with Crippen molar-refractivity contribution in [1.82, 2.24) is 9.55 Å². The number of imidazole rings is 1. The van der Waals surface area contributed by atoms with Gasteiger partial charge >= 0.3 is 6.18 Å². The van der Waals surface area contributed by atoms with E-state index in [1.807, 2.05) is 24.3 Å². The van der Waals surface area contributed by atoms with Gasteiger partial charge in [-0.15, -0.1) is 0 Å². The van der Waals surface area contributed by atoms with Crippen LogP contribution < -0.4 is 0 Å². The molecule has 0 aliphatic heterocycles. The molecule has 0 saturated carbocycles. The fourth-order valence-electron chi connectivity index (χ4n) is 2.74. The number of aliphatic hydroxyl groups is 1. The van der Waals surface area contributed by atoms with Crippen molar-refractivity contribution in [1.29, 1.82) is 0 Å². The summed E-state index contributed by atoms with van der Waals surface area (Å²) in [7, 11) is 0. The molecule has 3 rings (SSSR count). The third-order valence-electron chi connectivity index (χ3n) is 3.83. The van der Waals surface area contributed by atoms with Gasteiger partial charge in [0.25, 0.3) is 0 Å². The molecule has 1 atom stereocenters. The van der Waals surface area contributed by atoms with Crippen molar-refractivity contribution >= 4 is 11.0 Å². The third-order valence-corrected chi connectivity index (χ3v) is 3.83. The first-order chi connectivity index (χ1) is 10.9. The van der Waals surface area contributed by atoms with Crippen LogP contribution in [-0.4, -0.2) is 14.7 Å². The van der Waals surface area contributed by atoms with Gasteiger partial charge < -0.3 is 9.67 Å². The quantitative estimate of drug-likeness (QED) is 0.789. The van der Waals surface area contributed by atoms with Gasteiger partial charge in [-0.05, 0) is 30.7 Å². The Labute approximate surface area is 131 Å². The molecule has 0 bridgehead atoms. The molecule has 0 saturated heterocycles. The van der Waals surface area contributed by atoms with Gasteiger partial charge in [0.05, 0.1) is 29.2 Å². The van der Waals surface area contributed by atoms with Crippen molar-refractivity contribution < 1.29 is 18.3 Å². The maximum absolute atomic E-state index is 13.1. The van der Waals surface area contributed by atoms with Crippen LogP contribution >= 0.6 is 0 Å². The lowest BCUT2D eigenvalue weighted by molar-refractivity contribution is -0.139. The zero-order valence-electron chi connectivity index (χ0n) is 12.4. The van der Waals surface area contributed by atoms with Gasteiger partial charge in [0, 0.05) is 0 Å². The Morgan fingerprint density at radius 2 is 1.74 bits per heavy atom. The number of rotatable bonds is 3. The smallest absolute Gasteiger partial charge is 0.387 e. The van der Waals surface area contributed by atoms with Crippen LogP contribution in [0, 0.1) is 6.92 Å². The summed E-state index contributed by atoms with van der Waals surface area (Å²) in [5.41, 5.74) is 0.599. The number of aryl methyl sites for hydroxylation is 1. The van der Waals surface area contributed by atoms with E-state index < -0.39 is 17.8 Å². The van der Waals surface area contributed by atoms with Crippen LogP contribution in [0.2, 0.25) is 0 Å². The lowest BCUT2D eigenvalue weighted by atomic mass is 10.0. The van der Waals surface area contributed by atoms with Crippen LogP contribution in [0.15, 0.2) is 48.5 Å². The average Bonchev–Trinajstić information content (AvgIpc) is 2.82. The minimum absolute atomic E-state index is 0.0133. The molecule has 6 heteroatoms. The lowest BCUT2D eigenvalue weighted by Gasteiger charge is -2.18. The van der Waals surface area contributed by atoms with E-state index in [1.165, 1.54) is 18.2 Å².